The number of carbonyl (C=O) groups is 4. The topological polar surface area (TPSA) is 111 Å². The van der Waals surface area contributed by atoms with Gasteiger partial charge in [0.2, 0.25) is 5.91 Å². The lowest BCUT2D eigenvalue weighted by molar-refractivity contribution is -0.145. The van der Waals surface area contributed by atoms with Crippen molar-refractivity contribution in [1.82, 2.24) is 10.6 Å². The molecule has 0 saturated heterocycles. The summed E-state index contributed by atoms with van der Waals surface area (Å²) in [6.45, 7) is 10.2. The van der Waals surface area contributed by atoms with E-state index in [1.54, 1.807) is 58.9 Å². The fraction of sp³-hybridized carbons (Fsp3) is 0.545. The Labute approximate surface area is 177 Å². The van der Waals surface area contributed by atoms with Crippen LogP contribution < -0.4 is 10.6 Å². The van der Waals surface area contributed by atoms with Crippen LogP contribution >= 0.6 is 0 Å². The second-order valence-corrected chi connectivity index (χ2v) is 8.41. The van der Waals surface area contributed by atoms with Gasteiger partial charge in [-0.05, 0) is 39.2 Å². The van der Waals surface area contributed by atoms with Crippen LogP contribution in [0, 0.1) is 5.92 Å². The predicted octanol–water partition coefficient (Wildman–Crippen LogP) is 2.64. The van der Waals surface area contributed by atoms with Crippen molar-refractivity contribution in [2.45, 2.75) is 65.6 Å². The zero-order valence-corrected chi connectivity index (χ0v) is 18.7. The Morgan fingerprint density at radius 1 is 1.00 bits per heavy atom. The highest BCUT2D eigenvalue weighted by Crippen LogP contribution is 2.11. The number of Topliss-reactive ketones (excluding diaryl/α,β-unsaturated/α-hetero) is 1. The number of hydrogen-bond acceptors (Lipinski definition) is 6. The summed E-state index contributed by atoms with van der Waals surface area (Å²) in [5, 5.41) is 5.21. The van der Waals surface area contributed by atoms with Crippen molar-refractivity contribution < 1.29 is 28.7 Å². The van der Waals surface area contributed by atoms with Crippen LogP contribution in [0.15, 0.2) is 24.3 Å². The molecule has 8 nitrogen and oxygen atoms in total. The summed E-state index contributed by atoms with van der Waals surface area (Å²) >= 11 is 0. The molecule has 0 bridgehead atoms. The summed E-state index contributed by atoms with van der Waals surface area (Å²) < 4.78 is 10.0. The van der Waals surface area contributed by atoms with E-state index in [2.05, 4.69) is 10.6 Å². The van der Waals surface area contributed by atoms with E-state index >= 15 is 0 Å². The average molecular weight is 421 g/mol. The van der Waals surface area contributed by atoms with Crippen LogP contribution in [0.1, 0.15) is 57.5 Å². The van der Waals surface area contributed by atoms with Gasteiger partial charge in [-0.15, -0.1) is 0 Å². The highest BCUT2D eigenvalue weighted by atomic mass is 16.6. The zero-order valence-electron chi connectivity index (χ0n) is 18.7. The number of esters is 1. The van der Waals surface area contributed by atoms with E-state index in [9.17, 15) is 19.2 Å². The van der Waals surface area contributed by atoms with Crippen LogP contribution in [0.25, 0.3) is 0 Å². The third-order valence-electron chi connectivity index (χ3n) is 4.22. The van der Waals surface area contributed by atoms with Gasteiger partial charge in [-0.3, -0.25) is 9.59 Å². The molecule has 0 unspecified atom stereocenters. The summed E-state index contributed by atoms with van der Waals surface area (Å²) in [6.07, 6.45) is -0.542. The van der Waals surface area contributed by atoms with Crippen LogP contribution in [0.2, 0.25) is 0 Å². The monoisotopic (exact) mass is 420 g/mol. The molecule has 2 atom stereocenters. The molecule has 0 saturated carbocycles. The molecule has 2 amide bonds. The molecule has 1 aromatic rings. The normalized spacial score (nSPS) is 13.2. The number of methoxy groups -OCH3 is 1. The first-order valence-corrected chi connectivity index (χ1v) is 9.81. The van der Waals surface area contributed by atoms with Crippen molar-refractivity contribution >= 4 is 23.8 Å². The molecule has 8 heteroatoms. The van der Waals surface area contributed by atoms with Gasteiger partial charge in [-0.25, -0.2) is 9.59 Å². The molecular weight excluding hydrogens is 388 g/mol. The highest BCUT2D eigenvalue weighted by Gasteiger charge is 2.30. The Balaban J connectivity index is 2.93. The lowest BCUT2D eigenvalue weighted by Crippen LogP contribution is -2.55. The minimum Gasteiger partial charge on any atom is -0.467 e. The number of rotatable bonds is 8. The molecule has 30 heavy (non-hydrogen) atoms. The molecule has 0 aromatic heterocycles. The molecule has 0 heterocycles. The van der Waals surface area contributed by atoms with Crippen molar-refractivity contribution in [2.24, 2.45) is 5.92 Å². The van der Waals surface area contributed by atoms with E-state index < -0.39 is 35.7 Å². The van der Waals surface area contributed by atoms with Gasteiger partial charge in [0.05, 0.1) is 7.11 Å². The molecule has 0 aliphatic heterocycles. The molecule has 1 aromatic carbocycles. The number of ketones is 1. The maximum absolute atomic E-state index is 12.8. The van der Waals surface area contributed by atoms with Gasteiger partial charge in [-0.1, -0.05) is 38.1 Å². The zero-order chi connectivity index (χ0) is 23.1. The minimum atomic E-state index is -0.952. The van der Waals surface area contributed by atoms with Crippen molar-refractivity contribution in [2.75, 3.05) is 7.11 Å². The maximum atomic E-state index is 12.8. The highest BCUT2D eigenvalue weighted by molar-refractivity contribution is 5.94. The SMILES string of the molecule is COC(=O)[C@@H](Cc1ccc(C(C)=O)cc1)NC(=O)[C@@H](NC(=O)OC(C)(C)C)C(C)C. The molecule has 0 spiro atoms. The van der Waals surface area contributed by atoms with Crippen LogP contribution in [-0.4, -0.2) is 48.5 Å². The van der Waals surface area contributed by atoms with Gasteiger partial charge in [0.1, 0.15) is 17.7 Å². The second-order valence-electron chi connectivity index (χ2n) is 8.41. The van der Waals surface area contributed by atoms with Gasteiger partial charge < -0.3 is 20.1 Å². The van der Waals surface area contributed by atoms with Gasteiger partial charge in [-0.2, -0.15) is 0 Å². The molecular formula is C22H32N2O6. The van der Waals surface area contributed by atoms with E-state index in [4.69, 9.17) is 9.47 Å². The third kappa shape index (κ3) is 8.23. The first-order chi connectivity index (χ1) is 13.8. The molecule has 0 fully saturated rings. The summed E-state index contributed by atoms with van der Waals surface area (Å²) in [4.78, 5) is 48.6. The van der Waals surface area contributed by atoms with Gasteiger partial charge in [0.15, 0.2) is 5.78 Å². The Morgan fingerprint density at radius 2 is 1.57 bits per heavy atom. The number of carbonyl (C=O) groups excluding carboxylic acids is 4. The molecule has 2 N–H and O–H groups in total. The van der Waals surface area contributed by atoms with E-state index in [1.807, 2.05) is 0 Å². The molecule has 166 valence electrons. The summed E-state index contributed by atoms with van der Waals surface area (Å²) in [5.41, 5.74) is 0.596. The Kier molecular flexibility index (Phi) is 9.01. The van der Waals surface area contributed by atoms with E-state index in [1.165, 1.54) is 14.0 Å². The third-order valence-corrected chi connectivity index (χ3v) is 4.22. The van der Waals surface area contributed by atoms with Gasteiger partial charge in [0.25, 0.3) is 0 Å². The van der Waals surface area contributed by atoms with Crippen LogP contribution in [-0.2, 0) is 25.5 Å². The van der Waals surface area contributed by atoms with E-state index in [-0.39, 0.29) is 18.1 Å². The summed E-state index contributed by atoms with van der Waals surface area (Å²) in [7, 11) is 1.24. The second kappa shape index (κ2) is 10.8. The molecule has 0 aliphatic rings. The van der Waals surface area contributed by atoms with Crippen molar-refractivity contribution in [3.8, 4) is 0 Å². The van der Waals surface area contributed by atoms with Gasteiger partial charge >= 0.3 is 12.1 Å². The first-order valence-electron chi connectivity index (χ1n) is 9.81. The van der Waals surface area contributed by atoms with E-state index in [0.717, 1.165) is 5.56 Å². The average Bonchev–Trinajstić information content (AvgIpc) is 2.63. The first kappa shape index (κ1) is 25.1. The molecule has 1 rings (SSSR count). The van der Waals surface area contributed by atoms with E-state index in [0.29, 0.717) is 5.56 Å². The predicted molar refractivity (Wildman–Crippen MR) is 112 cm³/mol. The number of hydrogen-bond donors (Lipinski definition) is 2. The Morgan fingerprint density at radius 3 is 2.00 bits per heavy atom. The van der Waals surface area contributed by atoms with Gasteiger partial charge in [0, 0.05) is 12.0 Å². The molecule has 0 radical (unpaired) electrons. The number of nitrogens with one attached hydrogen (secondary N) is 2. The van der Waals surface area contributed by atoms with Crippen LogP contribution in [0.5, 0.6) is 0 Å². The Hall–Kier alpha value is -2.90. The molecule has 0 aliphatic carbocycles. The largest absolute Gasteiger partial charge is 0.467 e. The van der Waals surface area contributed by atoms with Crippen LogP contribution in [0.4, 0.5) is 4.79 Å². The maximum Gasteiger partial charge on any atom is 0.408 e. The number of amides is 2. The lowest BCUT2D eigenvalue weighted by atomic mass is 10.0. The summed E-state index contributed by atoms with van der Waals surface area (Å²) in [6, 6.07) is 4.92. The Bertz CT molecular complexity index is 765. The quantitative estimate of drug-likeness (QED) is 0.494. The minimum absolute atomic E-state index is 0.0626. The van der Waals surface area contributed by atoms with Crippen molar-refractivity contribution in [3.05, 3.63) is 35.4 Å². The number of alkyl carbamates (subject to hydrolysis) is 1. The smallest absolute Gasteiger partial charge is 0.408 e. The fourth-order valence-electron chi connectivity index (χ4n) is 2.68. The van der Waals surface area contributed by atoms with Crippen molar-refractivity contribution in [1.29, 1.82) is 0 Å². The lowest BCUT2D eigenvalue weighted by Gasteiger charge is -2.26. The van der Waals surface area contributed by atoms with Crippen molar-refractivity contribution in [3.63, 3.8) is 0 Å². The summed E-state index contributed by atoms with van der Waals surface area (Å²) in [5.74, 6) is -1.44. The number of ether oxygens (including phenoxy) is 2. The standard InChI is InChI=1S/C22H32N2O6/c1-13(2)18(24-21(28)30-22(4,5)6)19(26)23-17(20(27)29-7)12-15-8-10-16(11-9-15)14(3)25/h8-11,13,17-18H,12H2,1-7H3,(H,23,26)(H,24,28)/t17-,18+/m1/s1. The fourth-order valence-corrected chi connectivity index (χ4v) is 2.68. The number of benzene rings is 1. The van der Waals surface area contributed by atoms with Crippen LogP contribution in [0.3, 0.4) is 0 Å².